The summed E-state index contributed by atoms with van der Waals surface area (Å²) in [5.41, 5.74) is 1.30. The van der Waals surface area contributed by atoms with Crippen LogP contribution in [0.1, 0.15) is 45.0 Å². The molecule has 0 saturated carbocycles. The Hall–Kier alpha value is -2.30. The van der Waals surface area contributed by atoms with Gasteiger partial charge in [-0.2, -0.15) is 0 Å². The van der Waals surface area contributed by atoms with E-state index in [1.54, 1.807) is 0 Å². The number of hydrogen-bond donors (Lipinski definition) is 1. The number of rotatable bonds is 8. The highest BCUT2D eigenvalue weighted by molar-refractivity contribution is 5.80. The molecule has 1 saturated heterocycles. The summed E-state index contributed by atoms with van der Waals surface area (Å²) in [6.45, 7) is 11.6. The molecule has 1 atom stereocenters. The van der Waals surface area contributed by atoms with Gasteiger partial charge in [0.15, 0.2) is 5.96 Å². The van der Waals surface area contributed by atoms with Crippen molar-refractivity contribution in [3.05, 3.63) is 54.1 Å². The molecule has 2 aromatic rings. The van der Waals surface area contributed by atoms with Crippen molar-refractivity contribution in [2.24, 2.45) is 16.8 Å². The lowest BCUT2D eigenvalue weighted by atomic mass is 9.97. The Labute approximate surface area is 169 Å². The minimum atomic E-state index is 0.763. The van der Waals surface area contributed by atoms with Crippen LogP contribution in [0.3, 0.4) is 0 Å². The lowest BCUT2D eigenvalue weighted by Gasteiger charge is -2.22. The van der Waals surface area contributed by atoms with Gasteiger partial charge in [0, 0.05) is 51.5 Å². The predicted molar refractivity (Wildman–Crippen MR) is 117 cm³/mol. The minimum absolute atomic E-state index is 0.763. The molecule has 0 aliphatic carbocycles. The molecule has 1 fully saturated rings. The minimum Gasteiger partial charge on any atom is -0.357 e. The fourth-order valence-corrected chi connectivity index (χ4v) is 4.06. The highest BCUT2D eigenvalue weighted by atomic mass is 15.3. The first-order valence-corrected chi connectivity index (χ1v) is 10.7. The largest absolute Gasteiger partial charge is 0.357 e. The van der Waals surface area contributed by atoms with Crippen LogP contribution in [0, 0.1) is 11.8 Å². The van der Waals surface area contributed by atoms with Crippen molar-refractivity contribution in [3.63, 3.8) is 0 Å². The normalized spacial score (nSPS) is 17.5. The van der Waals surface area contributed by atoms with Gasteiger partial charge in [0.25, 0.3) is 0 Å². The molecule has 0 radical (unpaired) electrons. The van der Waals surface area contributed by atoms with Gasteiger partial charge in [0.05, 0.1) is 0 Å². The van der Waals surface area contributed by atoms with Crippen LogP contribution in [0.5, 0.6) is 0 Å². The third-order valence-corrected chi connectivity index (χ3v) is 5.32. The maximum atomic E-state index is 4.91. The van der Waals surface area contributed by atoms with Gasteiger partial charge in [-0.1, -0.05) is 44.2 Å². The topological polar surface area (TPSA) is 45.5 Å². The lowest BCUT2D eigenvalue weighted by molar-refractivity contribution is 0.403. The maximum Gasteiger partial charge on any atom is 0.193 e. The second-order valence-electron chi connectivity index (χ2n) is 8.17. The van der Waals surface area contributed by atoms with Gasteiger partial charge in [-0.15, -0.1) is 0 Å². The lowest BCUT2D eigenvalue weighted by Crippen LogP contribution is -2.40. The van der Waals surface area contributed by atoms with E-state index in [0.29, 0.717) is 0 Å². The first-order valence-electron chi connectivity index (χ1n) is 10.7. The summed E-state index contributed by atoms with van der Waals surface area (Å²) in [5.74, 6) is 3.74. The molecule has 0 amide bonds. The highest BCUT2D eigenvalue weighted by Gasteiger charge is 2.25. The number of imidazole rings is 1. The Bertz CT molecular complexity index is 734. The fourth-order valence-electron chi connectivity index (χ4n) is 4.06. The van der Waals surface area contributed by atoms with Gasteiger partial charge >= 0.3 is 0 Å². The molecule has 152 valence electrons. The van der Waals surface area contributed by atoms with E-state index in [4.69, 9.17) is 4.99 Å². The molecule has 1 aliphatic heterocycles. The number of aromatic nitrogens is 2. The Balaban J connectivity index is 1.57. The molecule has 1 unspecified atom stereocenters. The van der Waals surface area contributed by atoms with E-state index < -0.39 is 0 Å². The molecule has 3 rings (SSSR count). The molecule has 5 heteroatoms. The van der Waals surface area contributed by atoms with E-state index in [1.165, 1.54) is 18.4 Å². The number of benzene rings is 1. The Kier molecular flexibility index (Phi) is 7.52. The number of aliphatic imine (C=N–C) groups is 1. The SMILES string of the molecule is CCNC(=NCCc1nccn1Cc1ccccc1)N1CCC(CC(C)C)C1. The van der Waals surface area contributed by atoms with Crippen molar-refractivity contribution < 1.29 is 0 Å². The van der Waals surface area contributed by atoms with Crippen molar-refractivity contribution in [2.45, 2.75) is 46.6 Å². The molecule has 1 N–H and O–H groups in total. The summed E-state index contributed by atoms with van der Waals surface area (Å²) in [7, 11) is 0. The van der Waals surface area contributed by atoms with E-state index in [9.17, 15) is 0 Å². The third kappa shape index (κ3) is 5.85. The van der Waals surface area contributed by atoms with Gasteiger partial charge in [-0.05, 0) is 37.2 Å². The van der Waals surface area contributed by atoms with Gasteiger partial charge in [0.1, 0.15) is 5.82 Å². The summed E-state index contributed by atoms with van der Waals surface area (Å²) in [6.07, 6.45) is 7.41. The molecular weight excluding hydrogens is 346 g/mol. The van der Waals surface area contributed by atoms with Gasteiger partial charge in [0.2, 0.25) is 0 Å². The number of guanidine groups is 1. The molecule has 2 heterocycles. The second-order valence-corrected chi connectivity index (χ2v) is 8.17. The zero-order valence-corrected chi connectivity index (χ0v) is 17.6. The van der Waals surface area contributed by atoms with E-state index in [0.717, 1.165) is 62.8 Å². The van der Waals surface area contributed by atoms with Crippen molar-refractivity contribution in [3.8, 4) is 0 Å². The van der Waals surface area contributed by atoms with Gasteiger partial charge in [-0.3, -0.25) is 4.99 Å². The molecule has 0 spiro atoms. The van der Waals surface area contributed by atoms with Crippen LogP contribution in [-0.4, -0.2) is 46.6 Å². The molecule has 1 aromatic carbocycles. The predicted octanol–water partition coefficient (Wildman–Crippen LogP) is 3.81. The quantitative estimate of drug-likeness (QED) is 0.559. The van der Waals surface area contributed by atoms with E-state index in [1.807, 2.05) is 6.20 Å². The average Bonchev–Trinajstić information content (AvgIpc) is 3.31. The second kappa shape index (κ2) is 10.3. The maximum absolute atomic E-state index is 4.91. The third-order valence-electron chi connectivity index (χ3n) is 5.32. The van der Waals surface area contributed by atoms with Gasteiger partial charge in [-0.25, -0.2) is 4.98 Å². The molecule has 28 heavy (non-hydrogen) atoms. The van der Waals surface area contributed by atoms with Crippen LogP contribution >= 0.6 is 0 Å². The molecule has 1 aromatic heterocycles. The summed E-state index contributed by atoms with van der Waals surface area (Å²) in [4.78, 5) is 11.9. The Morgan fingerprint density at radius 1 is 1.29 bits per heavy atom. The fraction of sp³-hybridized carbons (Fsp3) is 0.565. The molecule has 1 aliphatic rings. The zero-order valence-electron chi connectivity index (χ0n) is 17.6. The summed E-state index contributed by atoms with van der Waals surface area (Å²) in [5, 5.41) is 3.48. The van der Waals surface area contributed by atoms with Crippen LogP contribution in [0.25, 0.3) is 0 Å². The van der Waals surface area contributed by atoms with Crippen molar-refractivity contribution in [1.82, 2.24) is 19.8 Å². The van der Waals surface area contributed by atoms with Crippen LogP contribution in [0.15, 0.2) is 47.7 Å². The number of nitrogens with one attached hydrogen (secondary N) is 1. The molecule has 0 bridgehead atoms. The summed E-state index contributed by atoms with van der Waals surface area (Å²) < 4.78 is 2.23. The van der Waals surface area contributed by atoms with Crippen LogP contribution in [-0.2, 0) is 13.0 Å². The molecular formula is C23H35N5. The monoisotopic (exact) mass is 381 g/mol. The Morgan fingerprint density at radius 2 is 2.11 bits per heavy atom. The number of hydrogen-bond acceptors (Lipinski definition) is 2. The van der Waals surface area contributed by atoms with Crippen molar-refractivity contribution in [2.75, 3.05) is 26.2 Å². The van der Waals surface area contributed by atoms with Crippen LogP contribution in [0.2, 0.25) is 0 Å². The molecule has 5 nitrogen and oxygen atoms in total. The number of likely N-dealkylation sites (tertiary alicyclic amines) is 1. The average molecular weight is 382 g/mol. The smallest absolute Gasteiger partial charge is 0.193 e. The summed E-state index contributed by atoms with van der Waals surface area (Å²) in [6, 6.07) is 10.5. The van der Waals surface area contributed by atoms with Gasteiger partial charge < -0.3 is 14.8 Å². The zero-order chi connectivity index (χ0) is 19.8. The van der Waals surface area contributed by atoms with E-state index >= 15 is 0 Å². The van der Waals surface area contributed by atoms with Crippen LogP contribution in [0.4, 0.5) is 0 Å². The first kappa shape index (κ1) is 20.4. The van der Waals surface area contributed by atoms with E-state index in [2.05, 4.69) is 77.1 Å². The number of nitrogens with zero attached hydrogens (tertiary/aromatic N) is 4. The van der Waals surface area contributed by atoms with Crippen molar-refractivity contribution in [1.29, 1.82) is 0 Å². The first-order chi connectivity index (χ1) is 13.7. The van der Waals surface area contributed by atoms with Crippen molar-refractivity contribution >= 4 is 5.96 Å². The summed E-state index contributed by atoms with van der Waals surface area (Å²) >= 11 is 0. The highest BCUT2D eigenvalue weighted by Crippen LogP contribution is 2.23. The van der Waals surface area contributed by atoms with Crippen LogP contribution < -0.4 is 5.32 Å². The standard InChI is InChI=1S/C23H35N5/c1-4-24-23(28-14-11-21(18-28)16-19(2)3)26-12-10-22-25-13-15-27(22)17-20-8-6-5-7-9-20/h5-9,13,15,19,21H,4,10-12,14,16-18H2,1-3H3,(H,24,26). The Morgan fingerprint density at radius 3 is 2.86 bits per heavy atom. The van der Waals surface area contributed by atoms with E-state index in [-0.39, 0.29) is 0 Å².